The molecule has 1 saturated carbocycles. The van der Waals surface area contributed by atoms with Crippen LogP contribution in [0.5, 0.6) is 0 Å². The van der Waals surface area contributed by atoms with Gasteiger partial charge in [-0.05, 0) is 25.0 Å². The molecule has 88 valence electrons. The molecular weight excluding hydrogens is 252 g/mol. The van der Waals surface area contributed by atoms with Crippen molar-refractivity contribution >= 4 is 28.9 Å². The van der Waals surface area contributed by atoms with Crippen LogP contribution in [0, 0.1) is 5.82 Å². The molecule has 1 aliphatic carbocycles. The third kappa shape index (κ3) is 2.42. The van der Waals surface area contributed by atoms with Gasteiger partial charge in [0.25, 0.3) is 0 Å². The summed E-state index contributed by atoms with van der Waals surface area (Å²) in [4.78, 5) is 0. The first kappa shape index (κ1) is 12.0. The molecule has 0 heterocycles. The average molecular weight is 264 g/mol. The van der Waals surface area contributed by atoms with Gasteiger partial charge in [-0.25, -0.2) is 4.39 Å². The second-order valence-electron chi connectivity index (χ2n) is 3.92. The van der Waals surface area contributed by atoms with Crippen LogP contribution in [0.25, 0.3) is 0 Å². The van der Waals surface area contributed by atoms with Crippen LogP contribution in [-0.2, 0) is 4.74 Å². The van der Waals surface area contributed by atoms with E-state index >= 15 is 0 Å². The maximum Gasteiger partial charge on any atom is 0.160 e. The second-order valence-corrected chi connectivity index (χ2v) is 4.74. The number of ether oxygens (including phenoxy) is 1. The Labute approximate surface area is 104 Å². The lowest BCUT2D eigenvalue weighted by molar-refractivity contribution is 0.0329. The maximum atomic E-state index is 13.1. The van der Waals surface area contributed by atoms with Gasteiger partial charge < -0.3 is 10.1 Å². The van der Waals surface area contributed by atoms with E-state index in [0.717, 1.165) is 18.5 Å². The van der Waals surface area contributed by atoms with Gasteiger partial charge in [0.05, 0.1) is 16.1 Å². The predicted octanol–water partition coefficient (Wildman–Crippen LogP) is 3.72. The first-order chi connectivity index (χ1) is 7.60. The number of nitrogens with one attached hydrogen (secondary N) is 1. The van der Waals surface area contributed by atoms with Crippen molar-refractivity contribution in [3.05, 3.63) is 28.0 Å². The van der Waals surface area contributed by atoms with E-state index in [2.05, 4.69) is 5.32 Å². The van der Waals surface area contributed by atoms with Crippen LogP contribution in [0.4, 0.5) is 10.1 Å². The Bertz CT molecular complexity index is 371. The average Bonchev–Trinajstić information content (AvgIpc) is 2.19. The zero-order chi connectivity index (χ0) is 11.7. The Morgan fingerprint density at radius 1 is 1.31 bits per heavy atom. The Balaban J connectivity index is 2.01. The van der Waals surface area contributed by atoms with Gasteiger partial charge in [0.1, 0.15) is 0 Å². The van der Waals surface area contributed by atoms with Crippen molar-refractivity contribution in [2.45, 2.75) is 25.0 Å². The van der Waals surface area contributed by atoms with E-state index in [1.54, 1.807) is 19.2 Å². The van der Waals surface area contributed by atoms with Gasteiger partial charge in [0.15, 0.2) is 5.82 Å². The molecule has 2 rings (SSSR count). The first-order valence-corrected chi connectivity index (χ1v) is 5.79. The number of hydrogen-bond acceptors (Lipinski definition) is 2. The van der Waals surface area contributed by atoms with E-state index in [1.807, 2.05) is 0 Å². The Hall–Kier alpha value is -0.510. The normalized spacial score (nSPS) is 24.0. The summed E-state index contributed by atoms with van der Waals surface area (Å²) in [6.07, 6.45) is 2.22. The van der Waals surface area contributed by atoms with Gasteiger partial charge in [0, 0.05) is 18.8 Å². The monoisotopic (exact) mass is 263 g/mol. The van der Waals surface area contributed by atoms with Crippen LogP contribution in [0.3, 0.4) is 0 Å². The summed E-state index contributed by atoms with van der Waals surface area (Å²) in [5.74, 6) is -0.572. The molecule has 0 bridgehead atoms. The Morgan fingerprint density at radius 3 is 2.38 bits per heavy atom. The molecule has 1 aromatic rings. The van der Waals surface area contributed by atoms with E-state index in [4.69, 9.17) is 27.9 Å². The van der Waals surface area contributed by atoms with Crippen molar-refractivity contribution in [2.24, 2.45) is 0 Å². The molecule has 0 spiro atoms. The molecule has 0 aliphatic heterocycles. The summed E-state index contributed by atoms with van der Waals surface area (Å²) >= 11 is 11.4. The van der Waals surface area contributed by atoms with E-state index in [1.165, 1.54) is 0 Å². The molecule has 0 saturated heterocycles. The van der Waals surface area contributed by atoms with E-state index in [9.17, 15) is 4.39 Å². The molecular formula is C11H12Cl2FNO. The van der Waals surface area contributed by atoms with E-state index in [0.29, 0.717) is 12.1 Å². The number of methoxy groups -OCH3 is 1. The van der Waals surface area contributed by atoms with Crippen molar-refractivity contribution in [3.8, 4) is 0 Å². The zero-order valence-electron chi connectivity index (χ0n) is 8.77. The predicted molar refractivity (Wildman–Crippen MR) is 63.9 cm³/mol. The molecule has 2 nitrogen and oxygen atoms in total. The highest BCUT2D eigenvalue weighted by molar-refractivity contribution is 6.35. The zero-order valence-corrected chi connectivity index (χ0v) is 10.3. The molecule has 1 aliphatic rings. The molecule has 0 radical (unpaired) electrons. The van der Waals surface area contributed by atoms with Gasteiger partial charge in [-0.3, -0.25) is 0 Å². The number of anilines is 1. The van der Waals surface area contributed by atoms with Crippen molar-refractivity contribution in [1.82, 2.24) is 0 Å². The number of rotatable bonds is 3. The van der Waals surface area contributed by atoms with Crippen LogP contribution in [0.2, 0.25) is 10.0 Å². The summed E-state index contributed by atoms with van der Waals surface area (Å²) in [5, 5.41) is 3.31. The molecule has 16 heavy (non-hydrogen) atoms. The quantitative estimate of drug-likeness (QED) is 0.840. The molecule has 5 heteroatoms. The highest BCUT2D eigenvalue weighted by Crippen LogP contribution is 2.31. The molecule has 1 fully saturated rings. The van der Waals surface area contributed by atoms with Gasteiger partial charge in [-0.1, -0.05) is 23.2 Å². The largest absolute Gasteiger partial charge is 0.382 e. The van der Waals surface area contributed by atoms with Gasteiger partial charge in [0.2, 0.25) is 0 Å². The van der Waals surface area contributed by atoms with E-state index < -0.39 is 5.82 Å². The first-order valence-electron chi connectivity index (χ1n) is 5.04. The summed E-state index contributed by atoms with van der Waals surface area (Å²) in [5.41, 5.74) is 0.746. The fourth-order valence-electron chi connectivity index (χ4n) is 1.75. The minimum absolute atomic E-state index is 0.0395. The standard InChI is InChI=1S/C11H12Cl2FNO/c1-16-8-2-6(3-8)15-7-4-9(12)11(14)10(13)5-7/h4-6,8,15H,2-3H2,1H3. The lowest BCUT2D eigenvalue weighted by atomic mass is 9.89. The number of benzene rings is 1. The fraction of sp³-hybridized carbons (Fsp3) is 0.455. The van der Waals surface area contributed by atoms with Crippen molar-refractivity contribution in [1.29, 1.82) is 0 Å². The lowest BCUT2D eigenvalue weighted by Crippen LogP contribution is -2.40. The lowest BCUT2D eigenvalue weighted by Gasteiger charge is -2.35. The maximum absolute atomic E-state index is 13.1. The molecule has 1 aromatic carbocycles. The summed E-state index contributed by atoms with van der Waals surface area (Å²) in [6.45, 7) is 0. The Morgan fingerprint density at radius 2 is 1.88 bits per heavy atom. The summed E-state index contributed by atoms with van der Waals surface area (Å²) in [6, 6.07) is 3.44. The number of hydrogen-bond donors (Lipinski definition) is 1. The molecule has 0 amide bonds. The van der Waals surface area contributed by atoms with Crippen LogP contribution < -0.4 is 5.32 Å². The summed E-state index contributed by atoms with van der Waals surface area (Å²) < 4.78 is 18.3. The number of halogens is 3. The fourth-order valence-corrected chi connectivity index (χ4v) is 2.24. The topological polar surface area (TPSA) is 21.3 Å². The van der Waals surface area contributed by atoms with Crippen LogP contribution in [0.15, 0.2) is 12.1 Å². The molecule has 0 unspecified atom stereocenters. The van der Waals surface area contributed by atoms with Crippen LogP contribution in [0.1, 0.15) is 12.8 Å². The van der Waals surface area contributed by atoms with Gasteiger partial charge >= 0.3 is 0 Å². The third-order valence-electron chi connectivity index (χ3n) is 2.78. The van der Waals surface area contributed by atoms with Gasteiger partial charge in [-0.2, -0.15) is 0 Å². The van der Waals surface area contributed by atoms with Crippen LogP contribution >= 0.6 is 23.2 Å². The van der Waals surface area contributed by atoms with Crippen molar-refractivity contribution < 1.29 is 9.13 Å². The van der Waals surface area contributed by atoms with E-state index in [-0.39, 0.29) is 10.0 Å². The minimum Gasteiger partial charge on any atom is -0.382 e. The van der Waals surface area contributed by atoms with Gasteiger partial charge in [-0.15, -0.1) is 0 Å². The van der Waals surface area contributed by atoms with Crippen molar-refractivity contribution in [3.63, 3.8) is 0 Å². The SMILES string of the molecule is COC1CC(Nc2cc(Cl)c(F)c(Cl)c2)C1. The second kappa shape index (κ2) is 4.78. The highest BCUT2D eigenvalue weighted by atomic mass is 35.5. The van der Waals surface area contributed by atoms with Crippen molar-refractivity contribution in [2.75, 3.05) is 12.4 Å². The molecule has 0 aromatic heterocycles. The Kier molecular flexibility index (Phi) is 3.57. The minimum atomic E-state index is -0.572. The summed E-state index contributed by atoms with van der Waals surface area (Å²) in [7, 11) is 1.70. The highest BCUT2D eigenvalue weighted by Gasteiger charge is 2.28. The molecule has 1 N–H and O–H groups in total. The van der Waals surface area contributed by atoms with Crippen LogP contribution in [-0.4, -0.2) is 19.3 Å². The smallest absolute Gasteiger partial charge is 0.160 e. The third-order valence-corrected chi connectivity index (χ3v) is 3.33. The molecule has 0 atom stereocenters.